The van der Waals surface area contributed by atoms with E-state index >= 15 is 0 Å². The summed E-state index contributed by atoms with van der Waals surface area (Å²) in [4.78, 5) is 51.0. The van der Waals surface area contributed by atoms with Crippen LogP contribution in [0.25, 0.3) is 0 Å². The van der Waals surface area contributed by atoms with Crippen molar-refractivity contribution in [2.75, 3.05) is 6.54 Å². The maximum absolute atomic E-state index is 13.0. The number of rotatable bonds is 2. The molecular formula is C20H28FN3O4. The van der Waals surface area contributed by atoms with Crippen LogP contribution in [-0.4, -0.2) is 69.3 Å². The highest BCUT2D eigenvalue weighted by Crippen LogP contribution is 2.33. The lowest BCUT2D eigenvalue weighted by Crippen LogP contribution is -2.39. The third kappa shape index (κ3) is 3.33. The summed E-state index contributed by atoms with van der Waals surface area (Å²) in [7, 11) is 0. The molecule has 3 aliphatic heterocycles. The lowest BCUT2D eigenvalue weighted by atomic mass is 9.93. The molecule has 2 saturated heterocycles. The Kier molecular flexibility index (Phi) is 5.59. The number of urea groups is 1. The summed E-state index contributed by atoms with van der Waals surface area (Å²) in [6.07, 6.45) is 2.80. The molecule has 4 rings (SSSR count). The van der Waals surface area contributed by atoms with Crippen LogP contribution in [0.3, 0.4) is 0 Å². The summed E-state index contributed by atoms with van der Waals surface area (Å²) in [5.74, 6) is -0.329. The van der Waals surface area contributed by atoms with Crippen LogP contribution in [0.5, 0.6) is 0 Å². The first-order chi connectivity index (χ1) is 13.1. The quantitative estimate of drug-likeness (QED) is 0.533. The van der Waals surface area contributed by atoms with E-state index in [2.05, 4.69) is 0 Å². The molecule has 0 spiro atoms. The van der Waals surface area contributed by atoms with Crippen LogP contribution in [0.15, 0.2) is 11.1 Å². The molecule has 0 aromatic heterocycles. The fraction of sp³-hybridized carbons (Fsp3) is 0.700. The first-order valence-electron chi connectivity index (χ1n) is 10.0. The first kappa shape index (κ1) is 20.5. The zero-order chi connectivity index (χ0) is 20.7. The van der Waals surface area contributed by atoms with Crippen molar-refractivity contribution in [3.05, 3.63) is 11.1 Å². The molecule has 4 aliphatic rings. The van der Waals surface area contributed by atoms with E-state index in [9.17, 15) is 23.6 Å². The highest BCUT2D eigenvalue weighted by Gasteiger charge is 2.51. The van der Waals surface area contributed by atoms with Gasteiger partial charge >= 0.3 is 6.03 Å². The van der Waals surface area contributed by atoms with Crippen molar-refractivity contribution in [1.29, 1.82) is 0 Å². The van der Waals surface area contributed by atoms with Crippen LogP contribution >= 0.6 is 0 Å². The summed E-state index contributed by atoms with van der Waals surface area (Å²) in [5.41, 5.74) is 1.57. The Morgan fingerprint density at radius 3 is 1.79 bits per heavy atom. The Morgan fingerprint density at radius 2 is 1.36 bits per heavy atom. The topological polar surface area (TPSA) is 78.0 Å². The third-order valence-corrected chi connectivity index (χ3v) is 5.68. The van der Waals surface area contributed by atoms with Crippen molar-refractivity contribution >= 4 is 23.8 Å². The van der Waals surface area contributed by atoms with Crippen LogP contribution < -0.4 is 0 Å². The predicted molar refractivity (Wildman–Crippen MR) is 99.9 cm³/mol. The predicted octanol–water partition coefficient (Wildman–Crippen LogP) is 2.40. The van der Waals surface area contributed by atoms with E-state index in [1.807, 2.05) is 13.8 Å². The number of carbonyl (C=O) groups is 4. The molecule has 7 nitrogen and oxygen atoms in total. The molecule has 0 radical (unpaired) electrons. The van der Waals surface area contributed by atoms with Gasteiger partial charge in [0.05, 0.1) is 6.54 Å². The average Bonchev–Trinajstić information content (AvgIpc) is 3.21. The SMILES string of the molecule is CC(C)N1C(=O)C2=C(CCCC2)C1=O.CC(C)N1C(=O)[C@H]2C[C@H](F)CN2C1=O. The second-order valence-corrected chi connectivity index (χ2v) is 8.32. The molecule has 0 unspecified atom stereocenters. The van der Waals surface area contributed by atoms with E-state index in [0.717, 1.165) is 36.8 Å². The number of nitrogens with zero attached hydrogens (tertiary/aromatic N) is 3. The molecule has 1 aliphatic carbocycles. The Hall–Kier alpha value is -2.25. The molecule has 0 saturated carbocycles. The van der Waals surface area contributed by atoms with Crippen LogP contribution in [0.4, 0.5) is 9.18 Å². The van der Waals surface area contributed by atoms with E-state index in [1.165, 1.54) is 14.7 Å². The van der Waals surface area contributed by atoms with Gasteiger partial charge in [-0.25, -0.2) is 9.18 Å². The minimum atomic E-state index is -1.04. The lowest BCUT2D eigenvalue weighted by Gasteiger charge is -2.19. The average molecular weight is 393 g/mol. The van der Waals surface area contributed by atoms with E-state index in [1.54, 1.807) is 13.8 Å². The van der Waals surface area contributed by atoms with Gasteiger partial charge in [0.25, 0.3) is 17.7 Å². The van der Waals surface area contributed by atoms with Gasteiger partial charge in [-0.3, -0.25) is 24.2 Å². The summed E-state index contributed by atoms with van der Waals surface area (Å²) in [6, 6.07) is -1.03. The van der Waals surface area contributed by atoms with E-state index in [0.29, 0.717) is 0 Å². The molecule has 0 aromatic rings. The summed E-state index contributed by atoms with van der Waals surface area (Å²) in [6.45, 7) is 7.40. The molecule has 0 aromatic carbocycles. The van der Waals surface area contributed by atoms with E-state index < -0.39 is 12.2 Å². The number of imide groups is 2. The molecule has 5 amide bonds. The van der Waals surface area contributed by atoms with Gasteiger partial charge in [0, 0.05) is 29.7 Å². The fourth-order valence-electron chi connectivity index (χ4n) is 4.33. The first-order valence-corrected chi connectivity index (χ1v) is 10.0. The van der Waals surface area contributed by atoms with Gasteiger partial charge in [0.1, 0.15) is 12.2 Å². The molecule has 2 atom stereocenters. The maximum atomic E-state index is 13.0. The van der Waals surface area contributed by atoms with Gasteiger partial charge in [-0.15, -0.1) is 0 Å². The third-order valence-electron chi connectivity index (χ3n) is 5.68. The molecule has 28 heavy (non-hydrogen) atoms. The minimum Gasteiger partial charge on any atom is -0.309 e. The molecule has 0 N–H and O–H groups in total. The van der Waals surface area contributed by atoms with Gasteiger partial charge < -0.3 is 4.90 Å². The van der Waals surface area contributed by atoms with Crippen LogP contribution in [0.1, 0.15) is 59.8 Å². The molecule has 0 bridgehead atoms. The summed E-state index contributed by atoms with van der Waals surface area (Å²) in [5, 5.41) is 0. The number of alkyl halides is 1. The normalized spacial score (nSPS) is 27.2. The Labute approximate surface area is 164 Å². The van der Waals surface area contributed by atoms with Crippen molar-refractivity contribution in [2.45, 2.75) is 84.1 Å². The van der Waals surface area contributed by atoms with E-state index in [-0.39, 0.29) is 48.8 Å². The zero-order valence-corrected chi connectivity index (χ0v) is 16.9. The fourth-order valence-corrected chi connectivity index (χ4v) is 4.33. The van der Waals surface area contributed by atoms with Gasteiger partial charge in [0.2, 0.25) is 0 Å². The van der Waals surface area contributed by atoms with Crippen LogP contribution in [0, 0.1) is 0 Å². The van der Waals surface area contributed by atoms with Gasteiger partial charge in [-0.05, 0) is 53.4 Å². The van der Waals surface area contributed by atoms with Crippen molar-refractivity contribution in [2.24, 2.45) is 0 Å². The molecule has 154 valence electrons. The number of hydrogen-bond acceptors (Lipinski definition) is 4. The monoisotopic (exact) mass is 393 g/mol. The van der Waals surface area contributed by atoms with Gasteiger partial charge in [-0.1, -0.05) is 0 Å². The Bertz CT molecular complexity index is 694. The second kappa shape index (κ2) is 7.64. The maximum Gasteiger partial charge on any atom is 0.327 e. The van der Waals surface area contributed by atoms with Crippen molar-refractivity contribution in [3.63, 3.8) is 0 Å². The highest BCUT2D eigenvalue weighted by molar-refractivity contribution is 6.19. The smallest absolute Gasteiger partial charge is 0.309 e. The summed E-state index contributed by atoms with van der Waals surface area (Å²) >= 11 is 0. The second-order valence-electron chi connectivity index (χ2n) is 8.32. The Morgan fingerprint density at radius 1 is 0.857 bits per heavy atom. The lowest BCUT2D eigenvalue weighted by molar-refractivity contribution is -0.139. The van der Waals surface area contributed by atoms with Crippen LogP contribution in [-0.2, 0) is 14.4 Å². The van der Waals surface area contributed by atoms with Crippen molar-refractivity contribution < 1.29 is 23.6 Å². The van der Waals surface area contributed by atoms with E-state index in [4.69, 9.17) is 0 Å². The number of halogens is 1. The zero-order valence-electron chi connectivity index (χ0n) is 16.9. The molecule has 3 heterocycles. The number of carbonyl (C=O) groups excluding carboxylic acids is 4. The molecule has 8 heteroatoms. The molecule has 2 fully saturated rings. The Balaban J connectivity index is 0.000000161. The number of hydrogen-bond donors (Lipinski definition) is 0. The van der Waals surface area contributed by atoms with Crippen molar-refractivity contribution in [1.82, 2.24) is 14.7 Å². The number of fused-ring (bicyclic) bond motifs is 1. The standard InChI is InChI=1S/C11H15NO2.C9H13FN2O2/c1-7(2)12-10(13)8-5-3-4-6-9(8)11(12)14;1-5(2)12-8(13)7-3-6(10)4-11(7)9(12)14/h7H,3-6H2,1-2H3;5-7H,3-4H2,1-2H3/t;6-,7+/m.0/s1. The largest absolute Gasteiger partial charge is 0.327 e. The summed E-state index contributed by atoms with van der Waals surface area (Å²) < 4.78 is 13.0. The van der Waals surface area contributed by atoms with Gasteiger partial charge in [0.15, 0.2) is 0 Å². The van der Waals surface area contributed by atoms with Gasteiger partial charge in [-0.2, -0.15) is 0 Å². The minimum absolute atomic E-state index is 0.0133. The highest BCUT2D eigenvalue weighted by atomic mass is 19.1. The number of amides is 5. The van der Waals surface area contributed by atoms with Crippen LogP contribution in [0.2, 0.25) is 0 Å². The van der Waals surface area contributed by atoms with Crippen molar-refractivity contribution in [3.8, 4) is 0 Å². The molecular weight excluding hydrogens is 365 g/mol.